The van der Waals surface area contributed by atoms with Gasteiger partial charge in [0.1, 0.15) is 0 Å². The first-order chi connectivity index (χ1) is 9.72. The van der Waals surface area contributed by atoms with Crippen molar-refractivity contribution >= 4 is 27.5 Å². The van der Waals surface area contributed by atoms with E-state index in [0.717, 1.165) is 17.0 Å². The van der Waals surface area contributed by atoms with Crippen LogP contribution in [0.4, 0.5) is 10.3 Å². The topological polar surface area (TPSA) is 98.7 Å². The number of hydrogen-bond acceptors (Lipinski definition) is 6. The van der Waals surface area contributed by atoms with Gasteiger partial charge < -0.3 is 5.73 Å². The van der Waals surface area contributed by atoms with Crippen LogP contribution in [0.2, 0.25) is 0 Å². The number of para-hydroxylation sites is 1. The van der Waals surface area contributed by atoms with E-state index in [1.165, 1.54) is 6.20 Å². The number of rotatable bonds is 3. The number of benzene rings is 1. The quantitative estimate of drug-likeness (QED) is 0.761. The molecular formula is C12H10N6OS. The minimum Gasteiger partial charge on any atom is -0.374 e. The summed E-state index contributed by atoms with van der Waals surface area (Å²) in [5, 5.41) is 14.8. The second kappa shape index (κ2) is 5.10. The van der Waals surface area contributed by atoms with E-state index in [4.69, 9.17) is 5.73 Å². The van der Waals surface area contributed by atoms with Crippen LogP contribution in [-0.4, -0.2) is 25.9 Å². The zero-order chi connectivity index (χ0) is 13.9. The molecule has 7 nitrogen and oxygen atoms in total. The Morgan fingerprint density at radius 2 is 2.05 bits per heavy atom. The zero-order valence-electron chi connectivity index (χ0n) is 10.2. The van der Waals surface area contributed by atoms with Gasteiger partial charge in [0.2, 0.25) is 10.3 Å². The number of carbonyl (C=O) groups is 1. The largest absolute Gasteiger partial charge is 0.374 e. The Balaban J connectivity index is 1.78. The molecule has 0 saturated carbocycles. The lowest BCUT2D eigenvalue weighted by Crippen LogP contribution is -2.10. The molecule has 0 radical (unpaired) electrons. The first kappa shape index (κ1) is 12.3. The van der Waals surface area contributed by atoms with Gasteiger partial charge in [0, 0.05) is 6.20 Å². The fourth-order valence-electron chi connectivity index (χ4n) is 1.62. The van der Waals surface area contributed by atoms with E-state index in [9.17, 15) is 4.79 Å². The molecule has 2 aromatic heterocycles. The number of nitrogens with zero attached hydrogens (tertiary/aromatic N) is 4. The summed E-state index contributed by atoms with van der Waals surface area (Å²) >= 11 is 1.11. The highest BCUT2D eigenvalue weighted by Crippen LogP contribution is 2.17. The summed E-state index contributed by atoms with van der Waals surface area (Å²) in [5.41, 5.74) is 6.76. The van der Waals surface area contributed by atoms with E-state index < -0.39 is 0 Å². The highest BCUT2D eigenvalue weighted by atomic mass is 32.1. The van der Waals surface area contributed by atoms with Crippen LogP contribution in [0.3, 0.4) is 0 Å². The maximum Gasteiger partial charge on any atom is 0.260 e. The first-order valence-corrected chi connectivity index (χ1v) is 6.54. The van der Waals surface area contributed by atoms with Crippen molar-refractivity contribution in [3.63, 3.8) is 0 Å². The molecule has 0 saturated heterocycles. The number of amides is 1. The van der Waals surface area contributed by atoms with Crippen molar-refractivity contribution in [2.24, 2.45) is 0 Å². The van der Waals surface area contributed by atoms with Crippen molar-refractivity contribution in [2.75, 3.05) is 11.1 Å². The number of nitrogens with two attached hydrogens (primary N) is 1. The van der Waals surface area contributed by atoms with E-state index in [1.807, 2.05) is 30.3 Å². The van der Waals surface area contributed by atoms with Crippen LogP contribution in [0, 0.1) is 0 Å². The third-order valence-electron chi connectivity index (χ3n) is 2.53. The van der Waals surface area contributed by atoms with Gasteiger partial charge in [0.05, 0.1) is 17.4 Å². The molecule has 2 heterocycles. The standard InChI is InChI=1S/C12H10N6OS/c13-11-16-17-12(20-11)15-10(19)8-6-14-18(7-8)9-4-2-1-3-5-9/h1-7H,(H2,13,16)(H,15,17,19). The van der Waals surface area contributed by atoms with Crippen LogP contribution in [0.1, 0.15) is 10.4 Å². The minimum atomic E-state index is -0.302. The summed E-state index contributed by atoms with van der Waals surface area (Å²) in [5.74, 6) is -0.302. The summed E-state index contributed by atoms with van der Waals surface area (Å²) in [4.78, 5) is 12.0. The van der Waals surface area contributed by atoms with Crippen molar-refractivity contribution < 1.29 is 4.79 Å². The van der Waals surface area contributed by atoms with Gasteiger partial charge >= 0.3 is 0 Å². The number of nitrogens with one attached hydrogen (secondary N) is 1. The maximum atomic E-state index is 12.0. The molecule has 0 fully saturated rings. The van der Waals surface area contributed by atoms with Crippen molar-refractivity contribution in [3.05, 3.63) is 48.3 Å². The lowest BCUT2D eigenvalue weighted by Gasteiger charge is -1.99. The van der Waals surface area contributed by atoms with Gasteiger partial charge in [-0.3, -0.25) is 10.1 Å². The number of nitrogen functional groups attached to an aromatic ring is 1. The van der Waals surface area contributed by atoms with Crippen molar-refractivity contribution in [2.45, 2.75) is 0 Å². The third-order valence-corrected chi connectivity index (χ3v) is 3.19. The van der Waals surface area contributed by atoms with Crippen LogP contribution in [0.25, 0.3) is 5.69 Å². The van der Waals surface area contributed by atoms with Crippen LogP contribution < -0.4 is 11.1 Å². The summed E-state index contributed by atoms with van der Waals surface area (Å²) in [7, 11) is 0. The highest BCUT2D eigenvalue weighted by Gasteiger charge is 2.12. The van der Waals surface area contributed by atoms with E-state index in [-0.39, 0.29) is 5.91 Å². The lowest BCUT2D eigenvalue weighted by atomic mass is 10.3. The molecule has 8 heteroatoms. The average Bonchev–Trinajstić information content (AvgIpc) is 3.09. The van der Waals surface area contributed by atoms with E-state index in [1.54, 1.807) is 10.9 Å². The molecule has 0 aliphatic carbocycles. The van der Waals surface area contributed by atoms with Crippen LogP contribution in [0.5, 0.6) is 0 Å². The Labute approximate surface area is 118 Å². The molecule has 0 spiro atoms. The summed E-state index contributed by atoms with van der Waals surface area (Å²) < 4.78 is 1.63. The Morgan fingerprint density at radius 3 is 2.75 bits per heavy atom. The lowest BCUT2D eigenvalue weighted by molar-refractivity contribution is 0.102. The number of anilines is 2. The highest BCUT2D eigenvalue weighted by molar-refractivity contribution is 7.19. The molecule has 0 aliphatic heterocycles. The normalized spacial score (nSPS) is 10.4. The van der Waals surface area contributed by atoms with Crippen LogP contribution >= 0.6 is 11.3 Å². The van der Waals surface area contributed by atoms with Crippen molar-refractivity contribution in [3.8, 4) is 5.69 Å². The van der Waals surface area contributed by atoms with Crippen molar-refractivity contribution in [1.29, 1.82) is 0 Å². The molecule has 0 bridgehead atoms. The van der Waals surface area contributed by atoms with Crippen LogP contribution in [-0.2, 0) is 0 Å². The molecular weight excluding hydrogens is 276 g/mol. The summed E-state index contributed by atoms with van der Waals surface area (Å²) in [6.07, 6.45) is 3.14. The third kappa shape index (κ3) is 2.50. The molecule has 3 rings (SSSR count). The molecule has 20 heavy (non-hydrogen) atoms. The predicted molar refractivity (Wildman–Crippen MR) is 75.8 cm³/mol. The second-order valence-corrected chi connectivity index (χ2v) is 4.92. The Morgan fingerprint density at radius 1 is 1.25 bits per heavy atom. The monoisotopic (exact) mass is 286 g/mol. The Hall–Kier alpha value is -2.74. The fourth-order valence-corrected chi connectivity index (χ4v) is 2.12. The molecule has 1 aromatic carbocycles. The molecule has 3 N–H and O–H groups in total. The zero-order valence-corrected chi connectivity index (χ0v) is 11.0. The fraction of sp³-hybridized carbons (Fsp3) is 0. The number of aromatic nitrogens is 4. The van der Waals surface area contributed by atoms with E-state index in [2.05, 4.69) is 20.6 Å². The van der Waals surface area contributed by atoms with E-state index >= 15 is 0 Å². The first-order valence-electron chi connectivity index (χ1n) is 5.73. The summed E-state index contributed by atoms with van der Waals surface area (Å²) in [6, 6.07) is 9.53. The molecule has 100 valence electrons. The number of hydrogen-bond donors (Lipinski definition) is 2. The van der Waals surface area contributed by atoms with Gasteiger partial charge in [-0.25, -0.2) is 4.68 Å². The van der Waals surface area contributed by atoms with Crippen molar-refractivity contribution in [1.82, 2.24) is 20.0 Å². The van der Waals surface area contributed by atoms with Gasteiger partial charge in [0.25, 0.3) is 5.91 Å². The van der Waals surface area contributed by atoms with Crippen LogP contribution in [0.15, 0.2) is 42.7 Å². The molecule has 3 aromatic rings. The van der Waals surface area contributed by atoms with Gasteiger partial charge in [-0.1, -0.05) is 29.5 Å². The molecule has 0 unspecified atom stereocenters. The molecule has 1 amide bonds. The van der Waals surface area contributed by atoms with Gasteiger partial charge in [-0.2, -0.15) is 5.10 Å². The predicted octanol–water partition coefficient (Wildman–Crippen LogP) is 1.56. The SMILES string of the molecule is Nc1nnc(NC(=O)c2cnn(-c3ccccc3)c2)s1. The van der Waals surface area contributed by atoms with Gasteiger partial charge in [-0.15, -0.1) is 10.2 Å². The van der Waals surface area contributed by atoms with Gasteiger partial charge in [-0.05, 0) is 12.1 Å². The van der Waals surface area contributed by atoms with Gasteiger partial charge in [0.15, 0.2) is 0 Å². The van der Waals surface area contributed by atoms with E-state index in [0.29, 0.717) is 15.8 Å². The summed E-state index contributed by atoms with van der Waals surface area (Å²) in [6.45, 7) is 0. The molecule has 0 aliphatic rings. The maximum absolute atomic E-state index is 12.0. The second-order valence-electron chi connectivity index (χ2n) is 3.91. The molecule has 0 atom stereocenters. The average molecular weight is 286 g/mol. The smallest absolute Gasteiger partial charge is 0.260 e. The Kier molecular flexibility index (Phi) is 3.13. The minimum absolute atomic E-state index is 0.302. The Bertz CT molecular complexity index is 735. The number of carbonyl (C=O) groups excluding carboxylic acids is 1.